The molecule has 1 amide bonds. The van der Waals surface area contributed by atoms with Gasteiger partial charge in [0, 0.05) is 50.9 Å². The third-order valence-corrected chi connectivity index (χ3v) is 8.65. The van der Waals surface area contributed by atoms with Gasteiger partial charge in [0.05, 0.1) is 29.7 Å². The molecule has 11 heteroatoms. The average Bonchev–Trinajstić information content (AvgIpc) is 3.14. The van der Waals surface area contributed by atoms with E-state index in [9.17, 15) is 23.1 Å². The molecule has 1 atom stereocenters. The highest BCUT2D eigenvalue weighted by molar-refractivity contribution is 7.89. The third kappa shape index (κ3) is 5.73. The van der Waals surface area contributed by atoms with Crippen LogP contribution < -0.4 is 0 Å². The number of Topliss-reactive ketones (excluding diaryl/α,β-unsaturated/α-hetero) is 1. The monoisotopic (exact) mass is 547 g/mol. The number of halogens is 1. The Morgan fingerprint density at radius 2 is 1.76 bits per heavy atom. The van der Waals surface area contributed by atoms with E-state index in [4.69, 9.17) is 16.3 Å². The molecule has 1 N–H and O–H groups in total. The van der Waals surface area contributed by atoms with Gasteiger partial charge in [-0.2, -0.15) is 0 Å². The lowest BCUT2D eigenvalue weighted by atomic mass is 9.95. The van der Waals surface area contributed by atoms with E-state index < -0.39 is 27.8 Å². The number of morpholine rings is 1. The van der Waals surface area contributed by atoms with Crippen LogP contribution in [0, 0.1) is 0 Å². The number of amides is 1. The Hall–Kier alpha value is -2.76. The minimum absolute atomic E-state index is 0.0454. The van der Waals surface area contributed by atoms with E-state index in [0.717, 1.165) is 23.9 Å². The number of sulfonamides is 1. The van der Waals surface area contributed by atoms with Crippen LogP contribution >= 0.6 is 11.6 Å². The molecule has 4 rings (SSSR count). The quantitative estimate of drug-likeness (QED) is 0.307. The van der Waals surface area contributed by atoms with Crippen molar-refractivity contribution in [3.05, 3.63) is 70.3 Å². The lowest BCUT2D eigenvalue weighted by Gasteiger charge is -2.29. The number of likely N-dealkylation sites (tertiary alicyclic amines) is 1. The van der Waals surface area contributed by atoms with Gasteiger partial charge < -0.3 is 14.7 Å². The fourth-order valence-electron chi connectivity index (χ4n) is 4.57. The van der Waals surface area contributed by atoms with Crippen molar-refractivity contribution in [2.75, 3.05) is 53.5 Å². The first kappa shape index (κ1) is 27.3. The number of hydrogen-bond acceptors (Lipinski definition) is 7. The van der Waals surface area contributed by atoms with Crippen molar-refractivity contribution in [1.82, 2.24) is 14.1 Å². The summed E-state index contributed by atoms with van der Waals surface area (Å²) in [5, 5.41) is 11.7. The summed E-state index contributed by atoms with van der Waals surface area (Å²) in [4.78, 5) is 30.1. The zero-order valence-electron chi connectivity index (χ0n) is 20.8. The molecule has 198 valence electrons. The van der Waals surface area contributed by atoms with E-state index >= 15 is 0 Å². The molecule has 0 aromatic heterocycles. The number of rotatable bonds is 8. The summed E-state index contributed by atoms with van der Waals surface area (Å²) < 4.78 is 31.3. The molecule has 0 spiro atoms. The van der Waals surface area contributed by atoms with Crippen LogP contribution in [0.2, 0.25) is 5.02 Å². The van der Waals surface area contributed by atoms with Gasteiger partial charge in [-0.15, -0.1) is 0 Å². The fourth-order valence-corrected chi connectivity index (χ4v) is 5.67. The van der Waals surface area contributed by atoms with E-state index in [0.29, 0.717) is 36.8 Å². The number of benzene rings is 2. The van der Waals surface area contributed by atoms with Crippen LogP contribution in [0.5, 0.6) is 0 Å². The van der Waals surface area contributed by atoms with Gasteiger partial charge in [-0.25, -0.2) is 12.7 Å². The topological polar surface area (TPSA) is 107 Å². The number of ketones is 1. The Morgan fingerprint density at radius 3 is 2.38 bits per heavy atom. The molecule has 2 fully saturated rings. The molecule has 2 aliphatic heterocycles. The minimum atomic E-state index is -3.67. The van der Waals surface area contributed by atoms with Crippen molar-refractivity contribution in [3.8, 4) is 0 Å². The van der Waals surface area contributed by atoms with E-state index in [1.165, 1.54) is 43.3 Å². The van der Waals surface area contributed by atoms with Gasteiger partial charge in [-0.1, -0.05) is 23.7 Å². The predicted octanol–water partition coefficient (Wildman–Crippen LogP) is 2.73. The van der Waals surface area contributed by atoms with Crippen LogP contribution in [-0.4, -0.2) is 92.8 Å². The van der Waals surface area contributed by atoms with Crippen molar-refractivity contribution < 1.29 is 27.9 Å². The van der Waals surface area contributed by atoms with Crippen LogP contribution in [0.4, 0.5) is 0 Å². The lowest BCUT2D eigenvalue weighted by molar-refractivity contribution is -0.140. The molecule has 2 saturated heterocycles. The molecule has 2 heterocycles. The molecule has 2 aliphatic rings. The van der Waals surface area contributed by atoms with Gasteiger partial charge in [-0.05, 0) is 48.4 Å². The maximum absolute atomic E-state index is 13.2. The SMILES string of the molecule is CN(C)S(=O)(=O)c1ccc(C(O)=C2C(=O)C(=O)N(CCCN3CCOCC3)[C@H]2c2cccc(Cl)c2)cc1. The van der Waals surface area contributed by atoms with Crippen LogP contribution in [0.25, 0.3) is 5.76 Å². The van der Waals surface area contributed by atoms with E-state index in [1.54, 1.807) is 24.3 Å². The molecular weight excluding hydrogens is 518 g/mol. The summed E-state index contributed by atoms with van der Waals surface area (Å²) in [7, 11) is -0.814. The summed E-state index contributed by atoms with van der Waals surface area (Å²) in [5.74, 6) is -1.85. The first-order chi connectivity index (χ1) is 17.6. The van der Waals surface area contributed by atoms with Crippen molar-refractivity contribution in [3.63, 3.8) is 0 Å². The molecule has 0 unspecified atom stereocenters. The summed E-state index contributed by atoms with van der Waals surface area (Å²) in [5.41, 5.74) is 0.782. The number of aliphatic hydroxyl groups is 1. The summed E-state index contributed by atoms with van der Waals surface area (Å²) >= 11 is 6.23. The first-order valence-corrected chi connectivity index (χ1v) is 13.8. The zero-order valence-corrected chi connectivity index (χ0v) is 22.3. The molecule has 0 radical (unpaired) electrons. The molecule has 0 saturated carbocycles. The number of hydrogen-bond donors (Lipinski definition) is 1. The summed E-state index contributed by atoms with van der Waals surface area (Å²) in [6.45, 7) is 4.03. The Labute approximate surface area is 221 Å². The Kier molecular flexibility index (Phi) is 8.35. The fraction of sp³-hybridized carbons (Fsp3) is 0.385. The predicted molar refractivity (Wildman–Crippen MR) is 140 cm³/mol. The number of carbonyl (C=O) groups excluding carboxylic acids is 2. The van der Waals surface area contributed by atoms with E-state index in [1.807, 2.05) is 0 Å². The maximum atomic E-state index is 13.2. The second-order valence-electron chi connectivity index (χ2n) is 9.17. The highest BCUT2D eigenvalue weighted by Crippen LogP contribution is 2.40. The smallest absolute Gasteiger partial charge is 0.295 e. The molecule has 37 heavy (non-hydrogen) atoms. The van der Waals surface area contributed by atoms with E-state index in [-0.39, 0.29) is 21.8 Å². The number of nitrogens with zero attached hydrogens (tertiary/aromatic N) is 3. The largest absolute Gasteiger partial charge is 0.507 e. The number of carbonyl (C=O) groups is 2. The molecule has 2 aromatic carbocycles. The van der Waals surface area contributed by atoms with Crippen LogP contribution in [0.3, 0.4) is 0 Å². The third-order valence-electron chi connectivity index (χ3n) is 6.59. The zero-order chi connectivity index (χ0) is 26.7. The molecular formula is C26H30ClN3O6S. The average molecular weight is 548 g/mol. The highest BCUT2D eigenvalue weighted by Gasteiger charge is 2.45. The first-order valence-electron chi connectivity index (χ1n) is 12.0. The van der Waals surface area contributed by atoms with Crippen LogP contribution in [-0.2, 0) is 24.3 Å². The molecule has 0 aliphatic carbocycles. The Bertz CT molecular complexity index is 1300. The number of aliphatic hydroxyl groups excluding tert-OH is 1. The summed E-state index contributed by atoms with van der Waals surface area (Å²) in [6, 6.07) is 11.6. The van der Waals surface area contributed by atoms with Crippen molar-refractivity contribution in [2.24, 2.45) is 0 Å². The molecule has 9 nitrogen and oxygen atoms in total. The maximum Gasteiger partial charge on any atom is 0.295 e. The lowest BCUT2D eigenvalue weighted by Crippen LogP contribution is -2.38. The van der Waals surface area contributed by atoms with E-state index in [2.05, 4.69) is 4.90 Å². The normalized spacial score (nSPS) is 20.6. The second kappa shape index (κ2) is 11.3. The van der Waals surface area contributed by atoms with Gasteiger partial charge in [0.25, 0.3) is 11.7 Å². The standard InChI is InChI=1S/C26H30ClN3O6S/c1-28(2)37(34,35)21-9-7-18(8-10-21)24(31)22-23(19-5-3-6-20(27)17-19)30(26(33)25(22)32)12-4-11-29-13-15-36-16-14-29/h3,5-10,17,23,31H,4,11-16H2,1-2H3/t23-/m0/s1. The number of ether oxygens (including phenoxy) is 1. The van der Waals surface area contributed by atoms with Gasteiger partial charge in [-0.3, -0.25) is 14.5 Å². The second-order valence-corrected chi connectivity index (χ2v) is 11.8. The molecule has 0 bridgehead atoms. The minimum Gasteiger partial charge on any atom is -0.507 e. The van der Waals surface area contributed by atoms with Crippen LogP contribution in [0.15, 0.2) is 59.0 Å². The van der Waals surface area contributed by atoms with Crippen molar-refractivity contribution >= 4 is 39.1 Å². The van der Waals surface area contributed by atoms with Gasteiger partial charge in [0.15, 0.2) is 0 Å². The van der Waals surface area contributed by atoms with Crippen LogP contribution in [0.1, 0.15) is 23.6 Å². The highest BCUT2D eigenvalue weighted by atomic mass is 35.5. The van der Waals surface area contributed by atoms with Crippen molar-refractivity contribution in [1.29, 1.82) is 0 Å². The Morgan fingerprint density at radius 1 is 1.08 bits per heavy atom. The van der Waals surface area contributed by atoms with Gasteiger partial charge in [0.1, 0.15) is 5.76 Å². The van der Waals surface area contributed by atoms with Crippen molar-refractivity contribution in [2.45, 2.75) is 17.4 Å². The molecule has 2 aromatic rings. The summed E-state index contributed by atoms with van der Waals surface area (Å²) in [6.07, 6.45) is 0.640. The van der Waals surface area contributed by atoms with Gasteiger partial charge in [0.2, 0.25) is 10.0 Å². The Balaban J connectivity index is 1.68. The van der Waals surface area contributed by atoms with Gasteiger partial charge >= 0.3 is 0 Å².